The molecule has 4 aromatic heterocycles. The molecule has 34 heavy (non-hydrogen) atoms. The van der Waals surface area contributed by atoms with E-state index in [1.54, 1.807) is 36.9 Å². The van der Waals surface area contributed by atoms with Gasteiger partial charge in [0.05, 0.1) is 6.26 Å². The Balaban J connectivity index is 0.000000222. The third-order valence-electron chi connectivity index (χ3n) is 5.37. The number of pyridine rings is 1. The molecule has 0 atom stereocenters. The van der Waals surface area contributed by atoms with Gasteiger partial charge in [0.25, 0.3) is 0 Å². The van der Waals surface area contributed by atoms with Gasteiger partial charge in [0, 0.05) is 56.7 Å². The summed E-state index contributed by atoms with van der Waals surface area (Å²) in [5.41, 5.74) is 9.68. The minimum atomic E-state index is -0.168. The number of anilines is 1. The summed E-state index contributed by atoms with van der Waals surface area (Å²) < 4.78 is 12.1. The summed E-state index contributed by atoms with van der Waals surface area (Å²) in [7, 11) is 1.59. The van der Waals surface area contributed by atoms with E-state index in [-0.39, 0.29) is 5.91 Å². The number of para-hydroxylation sites is 2. The Bertz CT molecular complexity index is 1580. The zero-order valence-corrected chi connectivity index (χ0v) is 19.1. The summed E-state index contributed by atoms with van der Waals surface area (Å²) >= 11 is 1.56. The Labute approximate surface area is 199 Å². The van der Waals surface area contributed by atoms with E-state index in [9.17, 15) is 4.79 Å². The molecule has 6 aromatic rings. The van der Waals surface area contributed by atoms with Crippen LogP contribution in [0.5, 0.6) is 0 Å². The van der Waals surface area contributed by atoms with Gasteiger partial charge in [-0.3, -0.25) is 4.79 Å². The summed E-state index contributed by atoms with van der Waals surface area (Å²) in [5.74, 6) is 1.04. The highest BCUT2D eigenvalue weighted by molar-refractivity contribution is 7.18. The first kappa shape index (κ1) is 21.5. The number of likely N-dealkylation sites (N-methyl/N-ethyl adjacent to an activating group) is 1. The topological polar surface area (TPSA) is 94.3 Å². The van der Waals surface area contributed by atoms with E-state index in [0.29, 0.717) is 5.82 Å². The zero-order valence-electron chi connectivity index (χ0n) is 18.3. The van der Waals surface area contributed by atoms with Gasteiger partial charge in [-0.25, -0.2) is 4.98 Å². The first-order valence-electron chi connectivity index (χ1n) is 10.6. The van der Waals surface area contributed by atoms with E-state index in [1.807, 2.05) is 66.0 Å². The van der Waals surface area contributed by atoms with E-state index in [0.717, 1.165) is 48.9 Å². The van der Waals surface area contributed by atoms with Gasteiger partial charge >= 0.3 is 0 Å². The van der Waals surface area contributed by atoms with Crippen molar-refractivity contribution in [2.45, 2.75) is 0 Å². The smallest absolute Gasteiger partial charge is 0.243 e. The number of rotatable bonds is 3. The van der Waals surface area contributed by atoms with Gasteiger partial charge in [-0.15, -0.1) is 11.3 Å². The molecule has 0 aliphatic rings. The van der Waals surface area contributed by atoms with Crippen LogP contribution in [0.3, 0.4) is 0 Å². The number of hydrogen-bond acceptors (Lipinski definition) is 6. The summed E-state index contributed by atoms with van der Waals surface area (Å²) in [6, 6.07) is 19.8. The first-order valence-corrected chi connectivity index (χ1v) is 11.5. The monoisotopic (exact) mass is 467 g/mol. The second-order valence-corrected chi connectivity index (χ2v) is 8.39. The lowest BCUT2D eigenvalue weighted by atomic mass is 10.1. The van der Waals surface area contributed by atoms with Crippen LogP contribution in [0.25, 0.3) is 49.4 Å². The molecule has 1 amide bonds. The van der Waals surface area contributed by atoms with E-state index in [4.69, 9.17) is 14.6 Å². The lowest BCUT2D eigenvalue weighted by Crippen LogP contribution is -2.13. The summed E-state index contributed by atoms with van der Waals surface area (Å²) in [4.78, 5) is 15.7. The van der Waals surface area contributed by atoms with Crippen molar-refractivity contribution < 1.29 is 13.6 Å². The van der Waals surface area contributed by atoms with Gasteiger partial charge in [-0.2, -0.15) is 0 Å². The number of carbonyl (C=O) groups is 1. The fourth-order valence-electron chi connectivity index (χ4n) is 3.66. The fraction of sp³-hybridized carbons (Fsp3) is 0.0370. The number of fused-ring (bicyclic) bond motifs is 3. The number of thiophene rings is 1. The number of carbonyl (C=O) groups excluding carboxylic acids is 1. The highest BCUT2D eigenvalue weighted by Gasteiger charge is 2.16. The Morgan fingerprint density at radius 2 is 1.82 bits per heavy atom. The molecule has 0 aliphatic heterocycles. The molecule has 0 aliphatic carbocycles. The predicted octanol–water partition coefficient (Wildman–Crippen LogP) is 6.48. The Morgan fingerprint density at radius 3 is 2.59 bits per heavy atom. The third-order valence-corrected chi connectivity index (χ3v) is 6.39. The van der Waals surface area contributed by atoms with Gasteiger partial charge in [-0.1, -0.05) is 36.4 Å². The highest BCUT2D eigenvalue weighted by atomic mass is 32.1. The second-order valence-electron chi connectivity index (χ2n) is 7.51. The molecule has 0 saturated carbocycles. The number of nitrogen functional groups attached to an aromatic ring is 1. The molecular weight excluding hydrogens is 446 g/mol. The van der Waals surface area contributed by atoms with Gasteiger partial charge in [-0.05, 0) is 30.3 Å². The van der Waals surface area contributed by atoms with Crippen LogP contribution in [-0.4, -0.2) is 17.9 Å². The predicted molar refractivity (Wildman–Crippen MR) is 139 cm³/mol. The molecule has 0 radical (unpaired) electrons. The molecule has 168 valence electrons. The number of amides is 1. The van der Waals surface area contributed by atoms with Crippen molar-refractivity contribution in [1.29, 1.82) is 0 Å². The first-order chi connectivity index (χ1) is 16.6. The maximum atomic E-state index is 11.5. The van der Waals surface area contributed by atoms with Gasteiger partial charge in [0.1, 0.15) is 22.7 Å². The van der Waals surface area contributed by atoms with Gasteiger partial charge < -0.3 is 19.9 Å². The molecule has 6 rings (SSSR count). The van der Waals surface area contributed by atoms with Crippen LogP contribution < -0.4 is 11.1 Å². The normalized spacial score (nSPS) is 11.2. The average Bonchev–Trinajstić information content (AvgIpc) is 3.61. The number of benzene rings is 2. The van der Waals surface area contributed by atoms with Crippen molar-refractivity contribution in [3.05, 3.63) is 90.1 Å². The Morgan fingerprint density at radius 1 is 1.06 bits per heavy atom. The number of furan rings is 2. The molecule has 7 heteroatoms. The summed E-state index contributed by atoms with van der Waals surface area (Å²) in [6.07, 6.45) is 6.60. The molecule has 0 saturated heterocycles. The molecule has 6 nitrogen and oxygen atoms in total. The van der Waals surface area contributed by atoms with E-state index < -0.39 is 0 Å². The van der Waals surface area contributed by atoms with E-state index >= 15 is 0 Å². The van der Waals surface area contributed by atoms with E-state index in [2.05, 4.69) is 10.3 Å². The summed E-state index contributed by atoms with van der Waals surface area (Å²) in [6.45, 7) is 0. The van der Waals surface area contributed by atoms with Crippen molar-refractivity contribution in [3.8, 4) is 11.3 Å². The Hall–Kier alpha value is -4.36. The maximum absolute atomic E-state index is 11.5. The largest absolute Gasteiger partial charge is 0.464 e. The average molecular weight is 468 g/mol. The van der Waals surface area contributed by atoms with Gasteiger partial charge in [0.15, 0.2) is 0 Å². The SMILES string of the molecule is CNC(=O)C=Cc1cnc(N)c2c(-c3cc4ccccc4o3)csc12.c1ccc2occc2c1. The van der Waals surface area contributed by atoms with Crippen LogP contribution in [0.4, 0.5) is 5.82 Å². The van der Waals surface area contributed by atoms with E-state index in [1.165, 1.54) is 6.08 Å². The van der Waals surface area contributed by atoms with Crippen LogP contribution in [0.2, 0.25) is 0 Å². The molecule has 0 spiro atoms. The second kappa shape index (κ2) is 9.25. The molecular formula is C27H21N3O3S. The number of nitrogens with one attached hydrogen (secondary N) is 1. The molecule has 2 aromatic carbocycles. The lowest BCUT2D eigenvalue weighted by molar-refractivity contribution is -0.115. The molecule has 4 heterocycles. The zero-order chi connectivity index (χ0) is 23.5. The quantitative estimate of drug-likeness (QED) is 0.290. The third kappa shape index (κ3) is 4.16. The van der Waals surface area contributed by atoms with Crippen molar-refractivity contribution in [2.75, 3.05) is 12.8 Å². The van der Waals surface area contributed by atoms with Gasteiger partial charge in [0.2, 0.25) is 5.91 Å². The Kier molecular flexibility index (Phi) is 5.84. The number of aromatic nitrogens is 1. The molecule has 0 unspecified atom stereocenters. The standard InChI is InChI=1S/C19H15N3O2S.C8H6O/c1-21-16(23)7-6-12-9-22-19(20)17-13(10-25-18(12)17)15-8-11-4-2-3-5-14(11)24-15;1-2-4-8-7(3-1)5-6-9-8/h2-10H,1H3,(H2,20,22)(H,21,23);1-6H. The number of nitrogens with two attached hydrogens (primary N) is 1. The van der Waals surface area contributed by atoms with Crippen LogP contribution in [0, 0.1) is 0 Å². The minimum absolute atomic E-state index is 0.168. The maximum Gasteiger partial charge on any atom is 0.243 e. The molecule has 0 bridgehead atoms. The number of hydrogen-bond donors (Lipinski definition) is 2. The van der Waals surface area contributed by atoms with Crippen LogP contribution in [-0.2, 0) is 4.79 Å². The fourth-order valence-corrected chi connectivity index (χ4v) is 4.72. The van der Waals surface area contributed by atoms with Crippen molar-refractivity contribution in [1.82, 2.24) is 10.3 Å². The van der Waals surface area contributed by atoms with Crippen LogP contribution >= 0.6 is 11.3 Å². The van der Waals surface area contributed by atoms with Crippen LogP contribution in [0.1, 0.15) is 5.56 Å². The summed E-state index contributed by atoms with van der Waals surface area (Å²) in [5, 5.41) is 7.62. The molecule has 3 N–H and O–H groups in total. The van der Waals surface area contributed by atoms with Crippen molar-refractivity contribution in [3.63, 3.8) is 0 Å². The number of nitrogens with zero attached hydrogens (tertiary/aromatic N) is 1. The highest BCUT2D eigenvalue weighted by Crippen LogP contribution is 2.40. The lowest BCUT2D eigenvalue weighted by Gasteiger charge is -2.02. The molecule has 0 fully saturated rings. The van der Waals surface area contributed by atoms with Crippen LogP contribution in [0.15, 0.2) is 93.4 Å². The van der Waals surface area contributed by atoms with Crippen molar-refractivity contribution >= 4 is 61.2 Å². The van der Waals surface area contributed by atoms with Crippen molar-refractivity contribution in [2.24, 2.45) is 0 Å². The minimum Gasteiger partial charge on any atom is -0.464 e.